The molecule has 0 fully saturated rings. The highest BCUT2D eigenvalue weighted by molar-refractivity contribution is 6.46. The first-order valence-electron chi connectivity index (χ1n) is 9.55. The second-order valence-electron chi connectivity index (χ2n) is 7.34. The molecule has 0 spiro atoms. The summed E-state index contributed by atoms with van der Waals surface area (Å²) in [6.07, 6.45) is 0. The van der Waals surface area contributed by atoms with Crippen LogP contribution in [-0.4, -0.2) is 11.8 Å². The van der Waals surface area contributed by atoms with Crippen LogP contribution in [0.4, 0.5) is 11.4 Å². The molecule has 1 heterocycles. The maximum absolute atomic E-state index is 13.5. The van der Waals surface area contributed by atoms with E-state index in [9.17, 15) is 9.59 Å². The van der Waals surface area contributed by atoms with Crippen molar-refractivity contribution >= 4 is 28.8 Å². The molecule has 0 bridgehead atoms. The molecule has 0 saturated carbocycles. The molecule has 4 rings (SSSR count). The van der Waals surface area contributed by atoms with Crippen LogP contribution >= 0.6 is 0 Å². The first-order valence-corrected chi connectivity index (χ1v) is 9.55. The average Bonchev–Trinajstić information content (AvgIpc) is 2.93. The standard InChI is InChI=1S/C25H22N2O2/c1-16-8-7-11-20(15-16)27-24(28)22(21-13-12-17(2)14-18(21)3)23(25(27)29)26-19-9-5-4-6-10-19/h4-15,26H,1-3H3. The van der Waals surface area contributed by atoms with Gasteiger partial charge >= 0.3 is 0 Å². The van der Waals surface area contributed by atoms with E-state index in [1.807, 2.05) is 87.5 Å². The van der Waals surface area contributed by atoms with Crippen LogP contribution in [0.1, 0.15) is 22.3 Å². The number of benzene rings is 3. The minimum Gasteiger partial charge on any atom is -0.350 e. The van der Waals surface area contributed by atoms with Crippen molar-refractivity contribution in [1.82, 2.24) is 0 Å². The van der Waals surface area contributed by atoms with E-state index in [1.54, 1.807) is 6.07 Å². The van der Waals surface area contributed by atoms with Crippen molar-refractivity contribution in [3.63, 3.8) is 0 Å². The van der Waals surface area contributed by atoms with Gasteiger partial charge in [-0.25, -0.2) is 4.90 Å². The Hall–Kier alpha value is -3.66. The molecule has 1 aliphatic heterocycles. The van der Waals surface area contributed by atoms with Gasteiger partial charge in [-0.2, -0.15) is 0 Å². The van der Waals surface area contributed by atoms with Crippen molar-refractivity contribution in [2.45, 2.75) is 20.8 Å². The molecule has 3 aromatic rings. The average molecular weight is 382 g/mol. The van der Waals surface area contributed by atoms with Crippen LogP contribution in [-0.2, 0) is 9.59 Å². The van der Waals surface area contributed by atoms with Gasteiger partial charge in [-0.15, -0.1) is 0 Å². The number of amides is 2. The monoisotopic (exact) mass is 382 g/mol. The molecule has 0 saturated heterocycles. The third kappa shape index (κ3) is 3.45. The Labute approximate surface area is 170 Å². The maximum atomic E-state index is 13.5. The normalized spacial score (nSPS) is 14.0. The highest BCUT2D eigenvalue weighted by Crippen LogP contribution is 2.35. The summed E-state index contributed by atoms with van der Waals surface area (Å²) in [6, 6.07) is 22.8. The fourth-order valence-electron chi connectivity index (χ4n) is 3.66. The number of carbonyl (C=O) groups excluding carboxylic acids is 2. The van der Waals surface area contributed by atoms with Crippen molar-refractivity contribution in [2.24, 2.45) is 0 Å². The largest absolute Gasteiger partial charge is 0.350 e. The summed E-state index contributed by atoms with van der Waals surface area (Å²) in [4.78, 5) is 28.1. The Morgan fingerprint density at radius 3 is 2.14 bits per heavy atom. The van der Waals surface area contributed by atoms with Gasteiger partial charge in [-0.05, 0) is 61.7 Å². The van der Waals surface area contributed by atoms with Crippen LogP contribution in [0.25, 0.3) is 5.57 Å². The maximum Gasteiger partial charge on any atom is 0.282 e. The van der Waals surface area contributed by atoms with Gasteiger partial charge in [-0.3, -0.25) is 9.59 Å². The third-order valence-corrected chi connectivity index (χ3v) is 5.04. The fraction of sp³-hybridized carbons (Fsp3) is 0.120. The number of rotatable bonds is 4. The van der Waals surface area contributed by atoms with Crippen LogP contribution in [0.2, 0.25) is 0 Å². The molecule has 4 heteroatoms. The van der Waals surface area contributed by atoms with Crippen LogP contribution in [0.5, 0.6) is 0 Å². The van der Waals surface area contributed by atoms with E-state index in [2.05, 4.69) is 5.32 Å². The quantitative estimate of drug-likeness (QED) is 0.646. The van der Waals surface area contributed by atoms with Gasteiger partial charge in [0.2, 0.25) is 0 Å². The summed E-state index contributed by atoms with van der Waals surface area (Å²) in [5.41, 5.74) is 5.86. The predicted molar refractivity (Wildman–Crippen MR) is 117 cm³/mol. The van der Waals surface area contributed by atoms with Crippen LogP contribution in [0, 0.1) is 20.8 Å². The SMILES string of the molecule is Cc1cccc(N2C(=O)C(Nc3ccccc3)=C(c3ccc(C)cc3C)C2=O)c1. The summed E-state index contributed by atoms with van der Waals surface area (Å²) in [5, 5.41) is 3.19. The van der Waals surface area contributed by atoms with Crippen molar-refractivity contribution in [1.29, 1.82) is 0 Å². The van der Waals surface area contributed by atoms with E-state index >= 15 is 0 Å². The number of para-hydroxylation sites is 1. The highest BCUT2D eigenvalue weighted by atomic mass is 16.2. The fourth-order valence-corrected chi connectivity index (χ4v) is 3.66. The van der Waals surface area contributed by atoms with E-state index in [-0.39, 0.29) is 11.8 Å². The molecule has 4 nitrogen and oxygen atoms in total. The first kappa shape index (κ1) is 18.7. The van der Waals surface area contributed by atoms with Crippen molar-refractivity contribution < 1.29 is 9.59 Å². The van der Waals surface area contributed by atoms with Crippen molar-refractivity contribution in [3.05, 3.63) is 101 Å². The molecule has 0 atom stereocenters. The molecule has 1 aliphatic rings. The molecule has 0 radical (unpaired) electrons. The summed E-state index contributed by atoms with van der Waals surface area (Å²) in [5.74, 6) is -0.662. The lowest BCUT2D eigenvalue weighted by Crippen LogP contribution is -2.32. The molecule has 144 valence electrons. The Morgan fingerprint density at radius 1 is 0.724 bits per heavy atom. The molecule has 0 unspecified atom stereocenters. The van der Waals surface area contributed by atoms with Gasteiger partial charge in [0.05, 0.1) is 11.3 Å². The first-order chi connectivity index (χ1) is 14.0. The Balaban J connectivity index is 1.87. The van der Waals surface area contributed by atoms with Crippen LogP contribution < -0.4 is 10.2 Å². The van der Waals surface area contributed by atoms with Gasteiger partial charge in [0.1, 0.15) is 5.70 Å². The highest BCUT2D eigenvalue weighted by Gasteiger charge is 2.40. The molecular formula is C25H22N2O2. The lowest BCUT2D eigenvalue weighted by Gasteiger charge is -2.16. The molecule has 0 aliphatic carbocycles. The molecule has 0 aromatic heterocycles. The number of imide groups is 1. The molecular weight excluding hydrogens is 360 g/mol. The van der Waals surface area contributed by atoms with Gasteiger partial charge in [-0.1, -0.05) is 54.1 Å². The summed E-state index contributed by atoms with van der Waals surface area (Å²) in [6.45, 7) is 5.91. The smallest absolute Gasteiger partial charge is 0.282 e. The van der Waals surface area contributed by atoms with Crippen molar-refractivity contribution in [3.8, 4) is 0 Å². The lowest BCUT2D eigenvalue weighted by atomic mass is 9.97. The second-order valence-corrected chi connectivity index (χ2v) is 7.34. The Morgan fingerprint density at radius 2 is 1.45 bits per heavy atom. The van der Waals surface area contributed by atoms with E-state index in [1.165, 1.54) is 4.90 Å². The number of aryl methyl sites for hydroxylation is 3. The van der Waals surface area contributed by atoms with Gasteiger partial charge < -0.3 is 5.32 Å². The zero-order valence-electron chi connectivity index (χ0n) is 16.7. The number of hydrogen-bond acceptors (Lipinski definition) is 3. The zero-order valence-corrected chi connectivity index (χ0v) is 16.7. The number of nitrogens with one attached hydrogen (secondary N) is 1. The number of carbonyl (C=O) groups is 2. The van der Waals surface area contributed by atoms with E-state index in [0.717, 1.165) is 27.9 Å². The number of nitrogens with zero attached hydrogens (tertiary/aromatic N) is 1. The molecule has 2 amide bonds. The predicted octanol–water partition coefficient (Wildman–Crippen LogP) is 5.01. The van der Waals surface area contributed by atoms with Gasteiger partial charge in [0, 0.05) is 5.69 Å². The minimum atomic E-state index is -0.348. The van der Waals surface area contributed by atoms with Gasteiger partial charge in [0.15, 0.2) is 0 Å². The minimum absolute atomic E-state index is 0.301. The third-order valence-electron chi connectivity index (χ3n) is 5.04. The molecule has 1 N–H and O–H groups in total. The van der Waals surface area contributed by atoms with Crippen LogP contribution in [0.3, 0.4) is 0 Å². The number of anilines is 2. The second kappa shape index (κ2) is 7.40. The summed E-state index contributed by atoms with van der Waals surface area (Å²) in [7, 11) is 0. The zero-order chi connectivity index (χ0) is 20.5. The molecule has 3 aromatic carbocycles. The van der Waals surface area contributed by atoms with E-state index < -0.39 is 0 Å². The van der Waals surface area contributed by atoms with E-state index in [4.69, 9.17) is 0 Å². The van der Waals surface area contributed by atoms with Crippen LogP contribution in [0.15, 0.2) is 78.5 Å². The summed E-state index contributed by atoms with van der Waals surface area (Å²) >= 11 is 0. The number of hydrogen-bond donors (Lipinski definition) is 1. The summed E-state index contributed by atoms with van der Waals surface area (Å²) < 4.78 is 0. The molecule has 29 heavy (non-hydrogen) atoms. The lowest BCUT2D eigenvalue weighted by molar-refractivity contribution is -0.120. The Kier molecular flexibility index (Phi) is 4.77. The van der Waals surface area contributed by atoms with E-state index in [0.29, 0.717) is 17.0 Å². The van der Waals surface area contributed by atoms with Gasteiger partial charge in [0.25, 0.3) is 11.8 Å². The van der Waals surface area contributed by atoms with Crippen molar-refractivity contribution in [2.75, 3.05) is 10.2 Å². The Bertz CT molecular complexity index is 1150. The topological polar surface area (TPSA) is 49.4 Å².